The standard InChI is InChI=1S/C60H64N8O12/c1-35(2)56(65-53(69)11-8-7-9-22-66-54(70)20-21-55(66)71)58(73)63-36(3)57(72)64-41-16-12-37(13-17-41)39-25-42-31-61-47-29-51(49(77-5)27-45(47)59(74)67(42)33-39)79-23-10-24-80-52-30-48-46(28-50(52)78-6)60(75)68-34-40(26-43(68)32-62-48)38-14-18-44(76-4)19-15-38/h12-21,27-36,42-43,56H,7-11,22-26H2,1-6H3,(H,63,73)(H,64,72)(H,65,69)/t36?,42-,43?,56?/m0/s1. The van der Waals surface area contributed by atoms with E-state index in [4.69, 9.17) is 33.7 Å². The van der Waals surface area contributed by atoms with Crippen LogP contribution in [0, 0.1) is 5.92 Å². The van der Waals surface area contributed by atoms with Gasteiger partial charge in [0.2, 0.25) is 17.7 Å². The van der Waals surface area contributed by atoms with Crippen molar-refractivity contribution in [3.05, 3.63) is 120 Å². The molecular formula is C60H64N8O12. The largest absolute Gasteiger partial charge is 0.497 e. The lowest BCUT2D eigenvalue weighted by molar-refractivity contribution is -0.137. The molecule has 0 saturated carbocycles. The molecule has 7 amide bonds. The molecule has 9 rings (SSSR count). The van der Waals surface area contributed by atoms with Crippen LogP contribution in [0.1, 0.15) is 97.6 Å². The third kappa shape index (κ3) is 12.4. The molecule has 4 aromatic rings. The van der Waals surface area contributed by atoms with E-state index in [-0.39, 0.29) is 73.7 Å². The first-order valence-electron chi connectivity index (χ1n) is 26.7. The van der Waals surface area contributed by atoms with E-state index in [0.717, 1.165) is 32.9 Å². The maximum atomic E-state index is 14.1. The van der Waals surface area contributed by atoms with Crippen molar-refractivity contribution in [1.29, 1.82) is 0 Å². The summed E-state index contributed by atoms with van der Waals surface area (Å²) in [4.78, 5) is 105. The van der Waals surface area contributed by atoms with E-state index in [9.17, 15) is 33.6 Å². The average Bonchev–Trinajstić information content (AvgIpc) is 4.15. The van der Waals surface area contributed by atoms with Crippen molar-refractivity contribution in [2.24, 2.45) is 15.9 Å². The van der Waals surface area contributed by atoms with Crippen LogP contribution in [0.2, 0.25) is 0 Å². The van der Waals surface area contributed by atoms with Crippen molar-refractivity contribution in [2.75, 3.05) is 46.4 Å². The number of carbonyl (C=O) groups excluding carboxylic acids is 7. The number of methoxy groups -OCH3 is 3. The lowest BCUT2D eigenvalue weighted by atomic mass is 10.0. The van der Waals surface area contributed by atoms with Gasteiger partial charge in [-0.3, -0.25) is 48.4 Å². The summed E-state index contributed by atoms with van der Waals surface area (Å²) in [6.07, 6.45) is 13.1. The molecular weight excluding hydrogens is 1020 g/mol. The fraction of sp³-hybridized carbons (Fsp3) is 0.350. The zero-order valence-electron chi connectivity index (χ0n) is 45.5. The van der Waals surface area contributed by atoms with Crippen LogP contribution in [0.25, 0.3) is 11.1 Å². The minimum atomic E-state index is -0.926. The van der Waals surface area contributed by atoms with Crippen molar-refractivity contribution in [1.82, 2.24) is 25.3 Å². The van der Waals surface area contributed by atoms with E-state index in [1.54, 1.807) is 86.5 Å². The van der Waals surface area contributed by atoms with Crippen LogP contribution < -0.4 is 39.6 Å². The number of amides is 7. The SMILES string of the molecule is COc1ccc(C2=CN3C(=O)c4cc(OC)c(OCCCOc5cc6c(cc5OC)C(=O)N5C=C(c7ccc(NC(=O)C(C)NC(=O)C(NC(=O)CCCCCN8C(=O)C=CC8=O)C(C)C)cc7)C[C@H]5C=N6)cc4N=CC3C2)cc1. The van der Waals surface area contributed by atoms with Gasteiger partial charge in [0.05, 0.1) is 69.1 Å². The topological polar surface area (TPSA) is 236 Å². The zero-order chi connectivity index (χ0) is 56.6. The van der Waals surface area contributed by atoms with E-state index in [1.807, 2.05) is 48.8 Å². The van der Waals surface area contributed by atoms with E-state index >= 15 is 0 Å². The normalized spacial score (nSPS) is 17.6. The van der Waals surface area contributed by atoms with Gasteiger partial charge in [-0.25, -0.2) is 0 Å². The number of imide groups is 1. The summed E-state index contributed by atoms with van der Waals surface area (Å²) in [6, 6.07) is 19.2. The molecule has 5 aliphatic heterocycles. The van der Waals surface area contributed by atoms with Crippen molar-refractivity contribution < 1.29 is 57.2 Å². The van der Waals surface area contributed by atoms with Gasteiger partial charge in [0.1, 0.15) is 17.8 Å². The molecule has 0 aromatic heterocycles. The van der Waals surface area contributed by atoms with Gasteiger partial charge in [0, 0.05) is 87.0 Å². The molecule has 0 spiro atoms. The molecule has 20 heteroatoms. The summed E-state index contributed by atoms with van der Waals surface area (Å²) < 4.78 is 29.0. The number of hydrogen-bond donors (Lipinski definition) is 3. The number of hydrogen-bond acceptors (Lipinski definition) is 14. The van der Waals surface area contributed by atoms with Crippen LogP contribution in [0.15, 0.2) is 107 Å². The number of ether oxygens (including phenoxy) is 5. The number of aliphatic imine (C=N–C) groups is 2. The van der Waals surface area contributed by atoms with Gasteiger partial charge >= 0.3 is 0 Å². The molecule has 5 heterocycles. The minimum absolute atomic E-state index is 0.162. The molecule has 4 atom stereocenters. The number of carbonyl (C=O) groups is 7. The molecule has 0 aliphatic carbocycles. The predicted octanol–water partition coefficient (Wildman–Crippen LogP) is 7.57. The van der Waals surface area contributed by atoms with Gasteiger partial charge < -0.3 is 49.4 Å². The van der Waals surface area contributed by atoms with E-state index in [0.29, 0.717) is 89.7 Å². The van der Waals surface area contributed by atoms with Crippen molar-refractivity contribution in [2.45, 2.75) is 89.9 Å². The minimum Gasteiger partial charge on any atom is -0.497 e. The summed E-state index contributed by atoms with van der Waals surface area (Å²) in [5.74, 6) is -0.270. The van der Waals surface area contributed by atoms with Crippen LogP contribution in [0.5, 0.6) is 28.7 Å². The molecule has 20 nitrogen and oxygen atoms in total. The Balaban J connectivity index is 0.739. The molecule has 0 saturated heterocycles. The first-order chi connectivity index (χ1) is 38.6. The Labute approximate surface area is 463 Å². The first-order valence-corrected chi connectivity index (χ1v) is 26.7. The summed E-state index contributed by atoms with van der Waals surface area (Å²) in [7, 11) is 4.65. The summed E-state index contributed by atoms with van der Waals surface area (Å²) in [6.45, 7) is 5.94. The van der Waals surface area contributed by atoms with Crippen molar-refractivity contribution in [3.8, 4) is 28.7 Å². The van der Waals surface area contributed by atoms with E-state index < -0.39 is 23.9 Å². The Kier molecular flexibility index (Phi) is 17.2. The summed E-state index contributed by atoms with van der Waals surface area (Å²) in [5.41, 5.74) is 5.94. The van der Waals surface area contributed by atoms with Gasteiger partial charge in [-0.15, -0.1) is 0 Å². The molecule has 5 aliphatic rings. The predicted molar refractivity (Wildman–Crippen MR) is 300 cm³/mol. The highest BCUT2D eigenvalue weighted by molar-refractivity contribution is 6.13. The number of rotatable bonds is 23. The molecule has 80 heavy (non-hydrogen) atoms. The van der Waals surface area contributed by atoms with Crippen LogP contribution in [0.3, 0.4) is 0 Å². The summed E-state index contributed by atoms with van der Waals surface area (Å²) in [5, 5.41) is 8.34. The molecule has 3 N–H and O–H groups in total. The highest BCUT2D eigenvalue weighted by Crippen LogP contribution is 2.42. The first kappa shape index (κ1) is 55.7. The third-order valence-corrected chi connectivity index (χ3v) is 14.4. The van der Waals surface area contributed by atoms with Crippen molar-refractivity contribution >= 4 is 82.0 Å². The smallest absolute Gasteiger partial charge is 0.260 e. The second kappa shape index (κ2) is 24.7. The lowest BCUT2D eigenvalue weighted by Crippen LogP contribution is -2.53. The number of fused-ring (bicyclic) bond motifs is 4. The number of benzene rings is 4. The van der Waals surface area contributed by atoms with Gasteiger partial charge in [-0.2, -0.15) is 0 Å². The Morgan fingerprint density at radius 1 is 0.613 bits per heavy atom. The zero-order valence-corrected chi connectivity index (χ0v) is 45.5. The van der Waals surface area contributed by atoms with Crippen LogP contribution in [0.4, 0.5) is 17.1 Å². The molecule has 0 fully saturated rings. The van der Waals surface area contributed by atoms with Crippen LogP contribution in [-0.2, 0) is 24.0 Å². The average molecular weight is 1090 g/mol. The number of nitrogens with zero attached hydrogens (tertiary/aromatic N) is 5. The molecule has 3 unspecified atom stereocenters. The lowest BCUT2D eigenvalue weighted by Gasteiger charge is -2.24. The van der Waals surface area contributed by atoms with Crippen molar-refractivity contribution in [3.63, 3.8) is 0 Å². The fourth-order valence-electron chi connectivity index (χ4n) is 9.92. The highest BCUT2D eigenvalue weighted by Gasteiger charge is 2.36. The Morgan fingerprint density at radius 3 is 1.64 bits per heavy atom. The number of nitrogens with one attached hydrogen (secondary N) is 3. The van der Waals surface area contributed by atoms with Crippen LogP contribution in [-0.4, -0.2) is 134 Å². The maximum absolute atomic E-state index is 14.1. The van der Waals surface area contributed by atoms with E-state index in [2.05, 4.69) is 16.0 Å². The van der Waals surface area contributed by atoms with Gasteiger partial charge in [-0.05, 0) is 84.4 Å². The second-order valence-corrected chi connectivity index (χ2v) is 20.2. The number of unbranched alkanes of at least 4 members (excludes halogenated alkanes) is 2. The summed E-state index contributed by atoms with van der Waals surface area (Å²) >= 11 is 0. The highest BCUT2D eigenvalue weighted by atomic mass is 16.5. The van der Waals surface area contributed by atoms with Gasteiger partial charge in [0.15, 0.2) is 23.0 Å². The quantitative estimate of drug-likeness (QED) is 0.0482. The Bertz CT molecular complexity index is 3220. The van der Waals surface area contributed by atoms with Gasteiger partial charge in [0.25, 0.3) is 23.6 Å². The Morgan fingerprint density at radius 2 is 1.14 bits per heavy atom. The molecule has 0 radical (unpaired) electrons. The Hall–Kier alpha value is -9.07. The fourth-order valence-corrected chi connectivity index (χ4v) is 9.92. The maximum Gasteiger partial charge on any atom is 0.260 e. The van der Waals surface area contributed by atoms with E-state index in [1.165, 1.54) is 26.4 Å². The third-order valence-electron chi connectivity index (χ3n) is 14.4. The molecule has 416 valence electrons. The molecule has 0 bridgehead atoms. The van der Waals surface area contributed by atoms with Gasteiger partial charge in [-0.1, -0.05) is 44.5 Å². The monoisotopic (exact) mass is 1090 g/mol. The number of anilines is 1. The molecule has 4 aromatic carbocycles. The van der Waals surface area contributed by atoms with Crippen LogP contribution >= 0.6 is 0 Å². The second-order valence-electron chi connectivity index (χ2n) is 20.2.